The van der Waals surface area contributed by atoms with Gasteiger partial charge in [0.25, 0.3) is 11.8 Å². The van der Waals surface area contributed by atoms with Crippen molar-refractivity contribution < 1.29 is 19.1 Å². The lowest BCUT2D eigenvalue weighted by Gasteiger charge is -2.34. The van der Waals surface area contributed by atoms with Gasteiger partial charge in [0.1, 0.15) is 11.5 Å². The molecular formula is C49H48N2O4. The van der Waals surface area contributed by atoms with Crippen molar-refractivity contribution in [2.75, 3.05) is 23.8 Å². The minimum absolute atomic E-state index is 0.184. The Morgan fingerprint density at radius 2 is 0.855 bits per heavy atom. The first-order valence-electron chi connectivity index (χ1n) is 19.2. The number of ether oxygens (including phenoxy) is 2. The van der Waals surface area contributed by atoms with Gasteiger partial charge in [-0.2, -0.15) is 0 Å². The predicted octanol–water partition coefficient (Wildman–Crippen LogP) is 11.4. The molecule has 0 aromatic heterocycles. The highest BCUT2D eigenvalue weighted by Crippen LogP contribution is 2.56. The van der Waals surface area contributed by atoms with Gasteiger partial charge >= 0.3 is 0 Å². The zero-order chi connectivity index (χ0) is 38.4. The Labute approximate surface area is 324 Å². The molecule has 0 saturated heterocycles. The van der Waals surface area contributed by atoms with E-state index in [1.807, 2.05) is 48.5 Å². The molecule has 0 fully saturated rings. The molecule has 0 atom stereocenters. The van der Waals surface area contributed by atoms with E-state index in [2.05, 4.69) is 111 Å². The molecule has 2 N–H and O–H groups in total. The normalized spacial score (nSPS) is 12.5. The third kappa shape index (κ3) is 8.04. The predicted molar refractivity (Wildman–Crippen MR) is 222 cm³/mol. The van der Waals surface area contributed by atoms with E-state index in [0.717, 1.165) is 35.5 Å². The lowest BCUT2D eigenvalue weighted by molar-refractivity contribution is 0.101. The van der Waals surface area contributed by atoms with Crippen LogP contribution in [0.2, 0.25) is 0 Å². The van der Waals surface area contributed by atoms with Crippen molar-refractivity contribution in [2.24, 2.45) is 11.8 Å². The largest absolute Gasteiger partial charge is 0.494 e. The monoisotopic (exact) mass is 728 g/mol. The van der Waals surface area contributed by atoms with Gasteiger partial charge in [0.05, 0.1) is 18.6 Å². The summed E-state index contributed by atoms with van der Waals surface area (Å²) >= 11 is 0. The molecule has 0 unspecified atom stereocenters. The van der Waals surface area contributed by atoms with Crippen LogP contribution in [0, 0.1) is 11.8 Å². The number of hydrogen-bond donors (Lipinski definition) is 2. The summed E-state index contributed by atoms with van der Waals surface area (Å²) in [6, 6.07) is 47.9. The van der Waals surface area contributed by atoms with E-state index in [0.29, 0.717) is 47.6 Å². The van der Waals surface area contributed by atoms with Crippen LogP contribution in [-0.4, -0.2) is 25.0 Å². The first kappa shape index (κ1) is 37.2. The Kier molecular flexibility index (Phi) is 11.1. The van der Waals surface area contributed by atoms with Crippen molar-refractivity contribution in [2.45, 2.75) is 46.0 Å². The number of benzene rings is 6. The summed E-state index contributed by atoms with van der Waals surface area (Å²) in [5.74, 6) is 2.28. The second-order valence-corrected chi connectivity index (χ2v) is 15.0. The molecule has 6 aromatic rings. The van der Waals surface area contributed by atoms with E-state index in [4.69, 9.17) is 9.47 Å². The van der Waals surface area contributed by atoms with Crippen LogP contribution in [0.5, 0.6) is 11.5 Å². The molecule has 278 valence electrons. The summed E-state index contributed by atoms with van der Waals surface area (Å²) < 4.78 is 11.7. The van der Waals surface area contributed by atoms with Crippen LogP contribution in [0.1, 0.15) is 83.5 Å². The maximum Gasteiger partial charge on any atom is 0.255 e. The van der Waals surface area contributed by atoms with E-state index in [1.54, 1.807) is 24.3 Å². The van der Waals surface area contributed by atoms with Gasteiger partial charge in [-0.15, -0.1) is 0 Å². The number of rotatable bonds is 14. The van der Waals surface area contributed by atoms with Crippen molar-refractivity contribution in [1.82, 2.24) is 0 Å². The molecule has 6 nitrogen and oxygen atoms in total. The van der Waals surface area contributed by atoms with Crippen molar-refractivity contribution >= 4 is 23.2 Å². The summed E-state index contributed by atoms with van der Waals surface area (Å²) in [5.41, 5.74) is 8.75. The standard InChI is InChI=1S/C49H48N2O4/c1-33(2)29-31-54-41-25-13-35(14-26-41)47(52)50-39-21-17-37(18-22-39)49(45-11-7-5-9-43(45)44-10-6-8-12-46(44)49)38-19-23-40(24-20-38)51-48(53)36-15-27-42(28-16-36)55-32-30-34(3)4/h5-28,33-34H,29-32H2,1-4H3,(H,50,52)(H,51,53). The Morgan fingerprint density at radius 1 is 0.491 bits per heavy atom. The summed E-state index contributed by atoms with van der Waals surface area (Å²) in [6.07, 6.45) is 1.96. The Balaban J connectivity index is 1.14. The zero-order valence-corrected chi connectivity index (χ0v) is 32.0. The minimum Gasteiger partial charge on any atom is -0.494 e. The van der Waals surface area contributed by atoms with E-state index in [-0.39, 0.29) is 11.8 Å². The quantitative estimate of drug-likeness (QED) is 0.117. The Hall–Kier alpha value is -6.14. The van der Waals surface area contributed by atoms with Crippen LogP contribution in [0.15, 0.2) is 146 Å². The van der Waals surface area contributed by atoms with E-state index in [9.17, 15) is 9.59 Å². The maximum absolute atomic E-state index is 13.3. The van der Waals surface area contributed by atoms with Gasteiger partial charge < -0.3 is 20.1 Å². The van der Waals surface area contributed by atoms with Crippen LogP contribution in [0.3, 0.4) is 0 Å². The highest BCUT2D eigenvalue weighted by atomic mass is 16.5. The topological polar surface area (TPSA) is 76.7 Å². The third-order valence-electron chi connectivity index (χ3n) is 10.3. The first-order chi connectivity index (χ1) is 26.7. The van der Waals surface area contributed by atoms with Crippen LogP contribution in [-0.2, 0) is 5.41 Å². The van der Waals surface area contributed by atoms with Gasteiger partial charge in [-0.25, -0.2) is 0 Å². The van der Waals surface area contributed by atoms with Gasteiger partial charge in [-0.3, -0.25) is 9.59 Å². The molecule has 55 heavy (non-hydrogen) atoms. The van der Waals surface area contributed by atoms with Crippen LogP contribution in [0.4, 0.5) is 11.4 Å². The fourth-order valence-corrected chi connectivity index (χ4v) is 7.27. The molecule has 7 rings (SSSR count). The Morgan fingerprint density at radius 3 is 1.22 bits per heavy atom. The number of hydrogen-bond acceptors (Lipinski definition) is 4. The fourth-order valence-electron chi connectivity index (χ4n) is 7.27. The average molecular weight is 729 g/mol. The highest BCUT2D eigenvalue weighted by molar-refractivity contribution is 6.05. The number of anilines is 2. The lowest BCUT2D eigenvalue weighted by atomic mass is 9.67. The molecule has 0 heterocycles. The van der Waals surface area contributed by atoms with Gasteiger partial charge in [-0.1, -0.05) is 100 Å². The molecule has 2 amide bonds. The molecule has 6 heteroatoms. The molecule has 1 aliphatic carbocycles. The minimum atomic E-state index is -0.630. The molecule has 0 spiro atoms. The van der Waals surface area contributed by atoms with Crippen LogP contribution >= 0.6 is 0 Å². The van der Waals surface area contributed by atoms with Crippen molar-refractivity contribution in [3.8, 4) is 22.6 Å². The molecular weight excluding hydrogens is 681 g/mol. The van der Waals surface area contributed by atoms with E-state index in [1.165, 1.54) is 22.3 Å². The van der Waals surface area contributed by atoms with Crippen molar-refractivity contribution in [3.05, 3.63) is 179 Å². The third-order valence-corrected chi connectivity index (χ3v) is 10.3. The van der Waals surface area contributed by atoms with Gasteiger partial charge in [0, 0.05) is 22.5 Å². The van der Waals surface area contributed by atoms with E-state index < -0.39 is 5.41 Å². The van der Waals surface area contributed by atoms with Crippen LogP contribution < -0.4 is 20.1 Å². The molecule has 0 radical (unpaired) electrons. The second-order valence-electron chi connectivity index (χ2n) is 15.0. The molecule has 6 aromatic carbocycles. The second kappa shape index (κ2) is 16.5. The smallest absolute Gasteiger partial charge is 0.255 e. The molecule has 1 aliphatic rings. The summed E-state index contributed by atoms with van der Waals surface area (Å²) in [7, 11) is 0. The fraction of sp³-hybridized carbons (Fsp3) is 0.224. The van der Waals surface area contributed by atoms with Crippen LogP contribution in [0.25, 0.3) is 11.1 Å². The lowest BCUT2D eigenvalue weighted by Crippen LogP contribution is -2.28. The maximum atomic E-state index is 13.3. The highest BCUT2D eigenvalue weighted by Gasteiger charge is 2.45. The average Bonchev–Trinajstić information content (AvgIpc) is 3.50. The molecule has 0 aliphatic heterocycles. The number of carbonyl (C=O) groups excluding carboxylic acids is 2. The summed E-state index contributed by atoms with van der Waals surface area (Å²) in [5, 5.41) is 6.14. The number of amides is 2. The molecule has 0 saturated carbocycles. The number of nitrogens with one attached hydrogen (secondary N) is 2. The van der Waals surface area contributed by atoms with Crippen molar-refractivity contribution in [1.29, 1.82) is 0 Å². The first-order valence-corrected chi connectivity index (χ1v) is 19.2. The number of fused-ring (bicyclic) bond motifs is 3. The SMILES string of the molecule is CC(C)CCOc1ccc(C(=O)Nc2ccc(C3(c4ccc(NC(=O)c5ccc(OCCC(C)C)cc5)cc4)c4ccccc4-c4ccccc43)cc2)cc1. The van der Waals surface area contributed by atoms with Gasteiger partial charge in [-0.05, 0) is 131 Å². The zero-order valence-electron chi connectivity index (χ0n) is 32.0. The van der Waals surface area contributed by atoms with Gasteiger partial charge in [0.2, 0.25) is 0 Å². The number of carbonyl (C=O) groups is 2. The summed E-state index contributed by atoms with van der Waals surface area (Å²) in [6.45, 7) is 9.98. The Bertz CT molecular complexity index is 2080. The van der Waals surface area contributed by atoms with E-state index >= 15 is 0 Å². The van der Waals surface area contributed by atoms with Crippen molar-refractivity contribution in [3.63, 3.8) is 0 Å². The van der Waals surface area contributed by atoms with Gasteiger partial charge in [0.15, 0.2) is 0 Å². The summed E-state index contributed by atoms with van der Waals surface area (Å²) in [4.78, 5) is 26.5. The molecule has 0 bridgehead atoms.